The number of ether oxygens (including phenoxy) is 1. The summed E-state index contributed by atoms with van der Waals surface area (Å²) < 4.78 is 5.22. The zero-order valence-electron chi connectivity index (χ0n) is 10.5. The highest BCUT2D eigenvalue weighted by Gasteiger charge is 2.08. The number of hydrogen-bond donors (Lipinski definition) is 2. The van der Waals surface area contributed by atoms with Crippen LogP contribution in [0, 0.1) is 6.92 Å². The van der Waals surface area contributed by atoms with E-state index in [0.29, 0.717) is 17.9 Å². The molecule has 4 heteroatoms. The zero-order chi connectivity index (χ0) is 13.0. The molecule has 1 amide bonds. The van der Waals surface area contributed by atoms with Gasteiger partial charge < -0.3 is 15.0 Å². The fourth-order valence-corrected chi connectivity index (χ4v) is 1.77. The second-order valence-corrected chi connectivity index (χ2v) is 4.15. The van der Waals surface area contributed by atoms with Gasteiger partial charge >= 0.3 is 0 Å². The lowest BCUT2D eigenvalue weighted by atomic mass is 10.2. The number of H-pyrrole nitrogens is 1. The standard InChI is InChI=1S/C14H16N2O2/c1-10-3-4-13(18-2)12(7-10)16-14(17)8-11-5-6-15-9-11/h3-7,9,15H,8H2,1-2H3,(H,16,17). The normalized spacial score (nSPS) is 10.1. The minimum absolute atomic E-state index is 0.0569. The van der Waals surface area contributed by atoms with Gasteiger partial charge in [-0.2, -0.15) is 0 Å². The second kappa shape index (κ2) is 5.40. The molecule has 18 heavy (non-hydrogen) atoms. The molecule has 0 saturated carbocycles. The molecule has 0 unspecified atom stereocenters. The predicted octanol–water partition coefficient (Wildman–Crippen LogP) is 2.51. The van der Waals surface area contributed by atoms with Gasteiger partial charge in [-0.3, -0.25) is 4.79 Å². The number of benzene rings is 1. The van der Waals surface area contributed by atoms with Gasteiger partial charge in [0.15, 0.2) is 0 Å². The molecule has 1 aromatic carbocycles. The summed E-state index contributed by atoms with van der Waals surface area (Å²) in [5.41, 5.74) is 2.74. The van der Waals surface area contributed by atoms with E-state index in [1.54, 1.807) is 13.3 Å². The van der Waals surface area contributed by atoms with E-state index in [-0.39, 0.29) is 5.91 Å². The van der Waals surface area contributed by atoms with Crippen LogP contribution in [-0.4, -0.2) is 18.0 Å². The van der Waals surface area contributed by atoms with Crippen LogP contribution in [0.4, 0.5) is 5.69 Å². The number of methoxy groups -OCH3 is 1. The zero-order valence-corrected chi connectivity index (χ0v) is 10.5. The molecular formula is C14H16N2O2. The number of amides is 1. The maximum Gasteiger partial charge on any atom is 0.228 e. The molecule has 2 aromatic rings. The SMILES string of the molecule is COc1ccc(C)cc1NC(=O)Cc1cc[nH]c1. The molecule has 0 spiro atoms. The van der Waals surface area contributed by atoms with Gasteiger partial charge in [-0.15, -0.1) is 0 Å². The van der Waals surface area contributed by atoms with E-state index in [1.165, 1.54) is 0 Å². The summed E-state index contributed by atoms with van der Waals surface area (Å²) in [7, 11) is 1.59. The van der Waals surface area contributed by atoms with Crippen molar-refractivity contribution in [2.45, 2.75) is 13.3 Å². The van der Waals surface area contributed by atoms with E-state index in [1.807, 2.05) is 37.4 Å². The number of rotatable bonds is 4. The van der Waals surface area contributed by atoms with E-state index in [4.69, 9.17) is 4.74 Å². The molecule has 0 aliphatic carbocycles. The van der Waals surface area contributed by atoms with Gasteiger partial charge in [0.1, 0.15) is 5.75 Å². The van der Waals surface area contributed by atoms with Crippen molar-refractivity contribution in [2.75, 3.05) is 12.4 Å². The molecule has 0 aliphatic rings. The van der Waals surface area contributed by atoms with E-state index < -0.39 is 0 Å². The summed E-state index contributed by atoms with van der Waals surface area (Å²) in [6, 6.07) is 7.57. The van der Waals surface area contributed by atoms with Crippen molar-refractivity contribution in [1.29, 1.82) is 0 Å². The van der Waals surface area contributed by atoms with Crippen molar-refractivity contribution >= 4 is 11.6 Å². The summed E-state index contributed by atoms with van der Waals surface area (Å²) in [5.74, 6) is 0.613. The second-order valence-electron chi connectivity index (χ2n) is 4.15. The van der Waals surface area contributed by atoms with Crippen LogP contribution >= 0.6 is 0 Å². The number of aromatic nitrogens is 1. The molecule has 94 valence electrons. The number of anilines is 1. The third-order valence-electron chi connectivity index (χ3n) is 2.66. The minimum Gasteiger partial charge on any atom is -0.495 e. The van der Waals surface area contributed by atoms with Crippen LogP contribution in [0.25, 0.3) is 0 Å². The quantitative estimate of drug-likeness (QED) is 0.868. The van der Waals surface area contributed by atoms with E-state index in [2.05, 4.69) is 10.3 Å². The molecule has 1 aromatic heterocycles. The first-order valence-corrected chi connectivity index (χ1v) is 5.75. The van der Waals surface area contributed by atoms with Crippen molar-refractivity contribution in [3.8, 4) is 5.75 Å². The van der Waals surface area contributed by atoms with Crippen molar-refractivity contribution < 1.29 is 9.53 Å². The molecule has 2 rings (SSSR count). The maximum atomic E-state index is 11.9. The van der Waals surface area contributed by atoms with Crippen molar-refractivity contribution in [3.05, 3.63) is 47.8 Å². The lowest BCUT2D eigenvalue weighted by Crippen LogP contribution is -2.14. The van der Waals surface area contributed by atoms with Crippen LogP contribution in [0.5, 0.6) is 5.75 Å². The Morgan fingerprint density at radius 1 is 1.39 bits per heavy atom. The molecule has 4 nitrogen and oxygen atoms in total. The Hall–Kier alpha value is -2.23. The molecule has 0 atom stereocenters. The van der Waals surface area contributed by atoms with Gasteiger partial charge in [0.25, 0.3) is 0 Å². The lowest BCUT2D eigenvalue weighted by molar-refractivity contribution is -0.115. The molecule has 1 heterocycles. The van der Waals surface area contributed by atoms with Gasteiger partial charge in [-0.25, -0.2) is 0 Å². The van der Waals surface area contributed by atoms with E-state index >= 15 is 0 Å². The molecule has 0 radical (unpaired) electrons. The first-order chi connectivity index (χ1) is 8.69. The third-order valence-corrected chi connectivity index (χ3v) is 2.66. The number of aryl methyl sites for hydroxylation is 1. The Morgan fingerprint density at radius 3 is 2.89 bits per heavy atom. The van der Waals surface area contributed by atoms with E-state index in [0.717, 1.165) is 11.1 Å². The third kappa shape index (κ3) is 2.91. The highest BCUT2D eigenvalue weighted by molar-refractivity contribution is 5.93. The van der Waals surface area contributed by atoms with Gasteiger partial charge in [-0.1, -0.05) is 6.07 Å². The number of carbonyl (C=O) groups is 1. The first-order valence-electron chi connectivity index (χ1n) is 5.75. The molecule has 0 saturated heterocycles. The molecule has 2 N–H and O–H groups in total. The topological polar surface area (TPSA) is 54.1 Å². The number of hydrogen-bond acceptors (Lipinski definition) is 2. The van der Waals surface area contributed by atoms with Gasteiger partial charge in [0, 0.05) is 12.4 Å². The predicted molar refractivity (Wildman–Crippen MR) is 70.9 cm³/mol. The van der Waals surface area contributed by atoms with Gasteiger partial charge in [-0.05, 0) is 36.2 Å². The van der Waals surface area contributed by atoms with Crippen molar-refractivity contribution in [3.63, 3.8) is 0 Å². The molecule has 0 fully saturated rings. The number of carbonyl (C=O) groups excluding carboxylic acids is 1. The number of aromatic amines is 1. The van der Waals surface area contributed by atoms with Crippen LogP contribution in [0.3, 0.4) is 0 Å². The fraction of sp³-hybridized carbons (Fsp3) is 0.214. The minimum atomic E-state index is -0.0569. The maximum absolute atomic E-state index is 11.9. The van der Waals surface area contributed by atoms with Gasteiger partial charge in [0.2, 0.25) is 5.91 Å². The monoisotopic (exact) mass is 244 g/mol. The average molecular weight is 244 g/mol. The summed E-state index contributed by atoms with van der Waals surface area (Å²) in [6.07, 6.45) is 3.96. The smallest absolute Gasteiger partial charge is 0.228 e. The summed E-state index contributed by atoms with van der Waals surface area (Å²) in [4.78, 5) is 14.8. The highest BCUT2D eigenvalue weighted by atomic mass is 16.5. The van der Waals surface area contributed by atoms with Crippen molar-refractivity contribution in [1.82, 2.24) is 4.98 Å². The van der Waals surface area contributed by atoms with E-state index in [9.17, 15) is 4.79 Å². The highest BCUT2D eigenvalue weighted by Crippen LogP contribution is 2.25. The molecular weight excluding hydrogens is 228 g/mol. The first kappa shape index (κ1) is 12.2. The Balaban J connectivity index is 2.08. The van der Waals surface area contributed by atoms with Crippen molar-refractivity contribution in [2.24, 2.45) is 0 Å². The number of nitrogens with one attached hydrogen (secondary N) is 2. The average Bonchev–Trinajstić information content (AvgIpc) is 2.82. The largest absolute Gasteiger partial charge is 0.495 e. The Bertz CT molecular complexity index is 533. The van der Waals surface area contributed by atoms with Crippen LogP contribution in [0.2, 0.25) is 0 Å². The molecule has 0 aliphatic heterocycles. The lowest BCUT2D eigenvalue weighted by Gasteiger charge is -2.10. The molecule has 0 bridgehead atoms. The van der Waals surface area contributed by atoms with Crippen LogP contribution in [0.15, 0.2) is 36.7 Å². The summed E-state index contributed by atoms with van der Waals surface area (Å²) in [6.45, 7) is 1.97. The van der Waals surface area contributed by atoms with Crippen LogP contribution in [-0.2, 0) is 11.2 Å². The summed E-state index contributed by atoms with van der Waals surface area (Å²) >= 11 is 0. The van der Waals surface area contributed by atoms with Gasteiger partial charge in [0.05, 0.1) is 19.2 Å². The Morgan fingerprint density at radius 2 is 2.22 bits per heavy atom. The summed E-state index contributed by atoms with van der Waals surface area (Å²) in [5, 5.41) is 2.86. The van der Waals surface area contributed by atoms with Crippen LogP contribution in [0.1, 0.15) is 11.1 Å². The Labute approximate surface area is 106 Å². The Kier molecular flexibility index (Phi) is 3.67. The van der Waals surface area contributed by atoms with Crippen LogP contribution < -0.4 is 10.1 Å². The fourth-order valence-electron chi connectivity index (χ4n) is 1.77.